The van der Waals surface area contributed by atoms with E-state index >= 15 is 0 Å². The van der Waals surface area contributed by atoms with E-state index in [4.69, 9.17) is 16.6 Å². The first-order valence-corrected chi connectivity index (χ1v) is 9.36. The number of nitrogens with zero attached hydrogens (tertiary/aromatic N) is 5. The maximum absolute atomic E-state index is 11.9. The van der Waals surface area contributed by atoms with Crippen LogP contribution < -0.4 is 5.32 Å². The molecule has 0 atom stereocenters. The molecular weight excluding hydrogens is 396 g/mol. The number of thioether (sulfide) groups is 1. The van der Waals surface area contributed by atoms with E-state index in [2.05, 4.69) is 25.8 Å². The Morgan fingerprint density at radius 2 is 2.07 bits per heavy atom. The summed E-state index contributed by atoms with van der Waals surface area (Å²) in [4.78, 5) is 16.7. The van der Waals surface area contributed by atoms with Crippen LogP contribution in [0.5, 0.6) is 0 Å². The second-order valence-corrected chi connectivity index (χ2v) is 7.63. The molecule has 1 aliphatic rings. The molecule has 1 fully saturated rings. The lowest BCUT2D eigenvalue weighted by Gasteiger charge is -2.04. The highest BCUT2D eigenvalue weighted by Gasteiger charge is 2.22. The molecule has 10 heteroatoms. The number of nitrogens with one attached hydrogen (secondary N) is 1. The Bertz CT molecular complexity index is 1250. The first-order valence-electron chi connectivity index (χ1n) is 8.13. The minimum Gasteiger partial charge on any atom is -0.456 e. The SMILES string of the molecule is O=C1NC(=S)S/C1=C\c1cc2cncc(-c3ccc(-n4cnnn4)cc3)c2o1. The van der Waals surface area contributed by atoms with Gasteiger partial charge in [-0.3, -0.25) is 9.78 Å². The highest BCUT2D eigenvalue weighted by molar-refractivity contribution is 8.26. The van der Waals surface area contributed by atoms with Gasteiger partial charge >= 0.3 is 0 Å². The molecular formula is C18H10N6O2S2. The summed E-state index contributed by atoms with van der Waals surface area (Å²) in [6.45, 7) is 0. The topological polar surface area (TPSA) is 98.7 Å². The molecule has 1 saturated heterocycles. The van der Waals surface area contributed by atoms with Gasteiger partial charge in [0.15, 0.2) is 0 Å². The van der Waals surface area contributed by atoms with Gasteiger partial charge in [0, 0.05) is 29.4 Å². The third-order valence-electron chi connectivity index (χ3n) is 4.15. The zero-order valence-corrected chi connectivity index (χ0v) is 15.7. The van der Waals surface area contributed by atoms with E-state index in [1.54, 1.807) is 23.2 Å². The third kappa shape index (κ3) is 2.98. The number of benzene rings is 1. The first-order chi connectivity index (χ1) is 13.7. The Morgan fingerprint density at radius 3 is 2.79 bits per heavy atom. The number of fused-ring (bicyclic) bond motifs is 1. The van der Waals surface area contributed by atoms with Gasteiger partial charge in [-0.1, -0.05) is 36.1 Å². The summed E-state index contributed by atoms with van der Waals surface area (Å²) in [5.41, 5.74) is 3.34. The zero-order valence-electron chi connectivity index (χ0n) is 14.1. The third-order valence-corrected chi connectivity index (χ3v) is 5.31. The number of carbonyl (C=O) groups excluding carboxylic acids is 1. The second kappa shape index (κ2) is 6.66. The van der Waals surface area contributed by atoms with Crippen LogP contribution in [0, 0.1) is 0 Å². The molecule has 1 aromatic carbocycles. The average Bonchev–Trinajstić information content (AvgIpc) is 3.42. The lowest BCUT2D eigenvalue weighted by Crippen LogP contribution is -2.17. The van der Waals surface area contributed by atoms with Crippen LogP contribution in [0.25, 0.3) is 33.9 Å². The number of thiocarbonyl (C=S) groups is 1. The minimum absolute atomic E-state index is 0.216. The van der Waals surface area contributed by atoms with Crippen molar-refractivity contribution in [1.82, 2.24) is 30.5 Å². The normalized spacial score (nSPS) is 15.5. The summed E-state index contributed by atoms with van der Waals surface area (Å²) in [5.74, 6) is 0.351. The number of aromatic nitrogens is 5. The Labute approximate surface area is 167 Å². The van der Waals surface area contributed by atoms with Crippen molar-refractivity contribution in [3.8, 4) is 16.8 Å². The van der Waals surface area contributed by atoms with E-state index in [-0.39, 0.29) is 5.91 Å². The Hall–Kier alpha value is -3.37. The summed E-state index contributed by atoms with van der Waals surface area (Å²) in [7, 11) is 0. The van der Waals surface area contributed by atoms with Crippen LogP contribution >= 0.6 is 24.0 Å². The molecule has 0 spiro atoms. The summed E-state index contributed by atoms with van der Waals surface area (Å²) >= 11 is 6.23. The van der Waals surface area contributed by atoms with Gasteiger partial charge in [0.25, 0.3) is 5.91 Å². The van der Waals surface area contributed by atoms with E-state index in [0.29, 0.717) is 20.6 Å². The predicted octanol–water partition coefficient (Wildman–Crippen LogP) is 2.96. The molecule has 0 saturated carbocycles. The van der Waals surface area contributed by atoms with Crippen molar-refractivity contribution in [3.63, 3.8) is 0 Å². The van der Waals surface area contributed by atoms with E-state index in [1.165, 1.54) is 18.1 Å². The number of amides is 1. The molecule has 4 aromatic rings. The molecule has 8 nitrogen and oxygen atoms in total. The smallest absolute Gasteiger partial charge is 0.263 e. The average molecular weight is 406 g/mol. The fraction of sp³-hybridized carbons (Fsp3) is 0. The number of hydrogen-bond acceptors (Lipinski definition) is 8. The Morgan fingerprint density at radius 1 is 1.21 bits per heavy atom. The number of rotatable bonds is 3. The Kier molecular flexibility index (Phi) is 3.99. The number of tetrazole rings is 1. The van der Waals surface area contributed by atoms with Gasteiger partial charge in [-0.15, -0.1) is 5.10 Å². The van der Waals surface area contributed by atoms with Crippen molar-refractivity contribution >= 4 is 51.3 Å². The second-order valence-electron chi connectivity index (χ2n) is 5.91. The molecule has 1 amide bonds. The van der Waals surface area contributed by atoms with Gasteiger partial charge in [-0.25, -0.2) is 4.68 Å². The molecule has 0 radical (unpaired) electrons. The highest BCUT2D eigenvalue weighted by atomic mass is 32.2. The number of furan rings is 1. The summed E-state index contributed by atoms with van der Waals surface area (Å²) < 4.78 is 8.03. The largest absolute Gasteiger partial charge is 0.456 e. The lowest BCUT2D eigenvalue weighted by molar-refractivity contribution is -0.115. The van der Waals surface area contributed by atoms with E-state index in [0.717, 1.165) is 22.2 Å². The van der Waals surface area contributed by atoms with Crippen LogP contribution in [0.3, 0.4) is 0 Å². The Balaban J connectivity index is 1.54. The zero-order chi connectivity index (χ0) is 19.1. The maximum Gasteiger partial charge on any atom is 0.263 e. The quantitative estimate of drug-likeness (QED) is 0.410. The van der Waals surface area contributed by atoms with E-state index < -0.39 is 0 Å². The number of pyridine rings is 1. The van der Waals surface area contributed by atoms with Crippen molar-refractivity contribution < 1.29 is 9.21 Å². The van der Waals surface area contributed by atoms with Gasteiger partial charge in [0.1, 0.15) is 22.0 Å². The summed E-state index contributed by atoms with van der Waals surface area (Å²) in [6, 6.07) is 9.58. The van der Waals surface area contributed by atoms with Crippen molar-refractivity contribution in [1.29, 1.82) is 0 Å². The molecule has 0 aliphatic carbocycles. The summed E-state index contributed by atoms with van der Waals surface area (Å²) in [5, 5.41) is 14.6. The molecule has 28 heavy (non-hydrogen) atoms. The van der Waals surface area contributed by atoms with Crippen molar-refractivity contribution in [2.24, 2.45) is 0 Å². The van der Waals surface area contributed by atoms with Crippen molar-refractivity contribution in [3.05, 3.63) is 59.7 Å². The summed E-state index contributed by atoms with van der Waals surface area (Å²) in [6.07, 6.45) is 6.70. The lowest BCUT2D eigenvalue weighted by atomic mass is 10.1. The predicted molar refractivity (Wildman–Crippen MR) is 108 cm³/mol. The van der Waals surface area contributed by atoms with E-state index in [9.17, 15) is 4.79 Å². The fourth-order valence-corrected chi connectivity index (χ4v) is 3.91. The number of carbonyl (C=O) groups is 1. The molecule has 0 bridgehead atoms. The molecule has 0 unspecified atom stereocenters. The molecule has 1 aliphatic heterocycles. The van der Waals surface area contributed by atoms with Gasteiger partial charge < -0.3 is 9.73 Å². The van der Waals surface area contributed by atoms with Crippen LogP contribution in [0.2, 0.25) is 0 Å². The molecule has 3 aromatic heterocycles. The first kappa shape index (κ1) is 16.8. The monoisotopic (exact) mass is 406 g/mol. The van der Waals surface area contributed by atoms with Crippen LogP contribution in [0.15, 0.2) is 58.4 Å². The van der Waals surface area contributed by atoms with Crippen LogP contribution in [-0.2, 0) is 4.79 Å². The van der Waals surface area contributed by atoms with Crippen LogP contribution in [-0.4, -0.2) is 35.4 Å². The van der Waals surface area contributed by atoms with Crippen LogP contribution in [0.4, 0.5) is 0 Å². The molecule has 136 valence electrons. The van der Waals surface area contributed by atoms with Gasteiger partial charge in [-0.05, 0) is 34.2 Å². The minimum atomic E-state index is -0.216. The van der Waals surface area contributed by atoms with Gasteiger partial charge in [-0.2, -0.15) is 0 Å². The highest BCUT2D eigenvalue weighted by Crippen LogP contribution is 2.33. The molecule has 1 N–H and O–H groups in total. The van der Waals surface area contributed by atoms with Crippen molar-refractivity contribution in [2.45, 2.75) is 0 Å². The molecule has 5 rings (SSSR count). The fourth-order valence-electron chi connectivity index (χ4n) is 2.88. The van der Waals surface area contributed by atoms with Crippen LogP contribution in [0.1, 0.15) is 5.76 Å². The van der Waals surface area contributed by atoms with E-state index in [1.807, 2.05) is 30.3 Å². The van der Waals surface area contributed by atoms with Crippen molar-refractivity contribution in [2.75, 3.05) is 0 Å². The van der Waals surface area contributed by atoms with Gasteiger partial charge in [0.05, 0.1) is 10.6 Å². The molecule has 4 heterocycles. The standard InChI is InChI=1S/C18H10N6O2S2/c25-17-15(28-18(27)21-17)6-13-5-11-7-19-8-14(16(11)26-13)10-1-3-12(4-2-10)24-9-20-22-23-24/h1-9H,(H,21,25,27)/b15-6-. The van der Waals surface area contributed by atoms with Gasteiger partial charge in [0.2, 0.25) is 0 Å². The number of hydrogen-bond donors (Lipinski definition) is 1. The maximum atomic E-state index is 11.9.